The molecule has 5 heteroatoms. The zero-order valence-corrected chi connectivity index (χ0v) is 10.9. The number of rotatable bonds is 3. The summed E-state index contributed by atoms with van der Waals surface area (Å²) in [7, 11) is 0. The Hall–Kier alpha value is -1.65. The number of carbonyl (C=O) groups is 1. The van der Waals surface area contributed by atoms with Gasteiger partial charge in [0, 0.05) is 31.3 Å². The molecule has 1 fully saturated rings. The topological polar surface area (TPSA) is 66.3 Å². The van der Waals surface area contributed by atoms with E-state index in [4.69, 9.17) is 5.11 Å². The Labute approximate surface area is 107 Å². The van der Waals surface area contributed by atoms with E-state index in [0.717, 1.165) is 43.1 Å². The fourth-order valence-corrected chi connectivity index (χ4v) is 2.32. The molecule has 1 aromatic rings. The number of aliphatic carboxylic acids is 1. The van der Waals surface area contributed by atoms with Gasteiger partial charge in [-0.3, -0.25) is 4.79 Å². The fourth-order valence-electron chi connectivity index (χ4n) is 2.32. The first-order valence-corrected chi connectivity index (χ1v) is 6.42. The average molecular weight is 249 g/mol. The maximum atomic E-state index is 11.1. The van der Waals surface area contributed by atoms with Crippen LogP contribution in [0.4, 0.5) is 5.82 Å². The van der Waals surface area contributed by atoms with Crippen LogP contribution < -0.4 is 4.90 Å². The predicted octanol–water partition coefficient (Wildman–Crippen LogP) is 1.65. The first-order chi connectivity index (χ1) is 8.60. The third-order valence-corrected chi connectivity index (χ3v) is 3.30. The first kappa shape index (κ1) is 12.8. The van der Waals surface area contributed by atoms with E-state index in [0.29, 0.717) is 6.54 Å². The Balaban J connectivity index is 2.20. The third kappa shape index (κ3) is 2.78. The molecule has 0 spiro atoms. The maximum absolute atomic E-state index is 11.1. The van der Waals surface area contributed by atoms with Crippen LogP contribution in [0.5, 0.6) is 0 Å². The predicted molar refractivity (Wildman–Crippen MR) is 68.7 cm³/mol. The molecule has 0 amide bonds. The molecule has 1 unspecified atom stereocenters. The zero-order chi connectivity index (χ0) is 13.1. The zero-order valence-electron chi connectivity index (χ0n) is 10.9. The van der Waals surface area contributed by atoms with Crippen molar-refractivity contribution in [2.45, 2.75) is 33.1 Å². The van der Waals surface area contributed by atoms with Gasteiger partial charge >= 0.3 is 5.97 Å². The van der Waals surface area contributed by atoms with E-state index in [-0.39, 0.29) is 5.92 Å². The number of hydrogen-bond acceptors (Lipinski definition) is 4. The molecule has 98 valence electrons. The summed E-state index contributed by atoms with van der Waals surface area (Å²) in [5.41, 5.74) is 0.939. The van der Waals surface area contributed by atoms with Crippen LogP contribution in [0.25, 0.3) is 0 Å². The summed E-state index contributed by atoms with van der Waals surface area (Å²) in [4.78, 5) is 22.0. The summed E-state index contributed by atoms with van der Waals surface area (Å²) in [6, 6.07) is 1.93. The van der Waals surface area contributed by atoms with E-state index in [2.05, 4.69) is 14.9 Å². The number of aryl methyl sites for hydroxylation is 2. The lowest BCUT2D eigenvalue weighted by molar-refractivity contribution is -0.141. The second-order valence-electron chi connectivity index (χ2n) is 4.76. The summed E-state index contributed by atoms with van der Waals surface area (Å²) in [6.45, 7) is 5.40. The molecule has 1 aromatic heterocycles. The quantitative estimate of drug-likeness (QED) is 0.882. The minimum absolute atomic E-state index is 0.279. The molecule has 0 radical (unpaired) electrons. The van der Waals surface area contributed by atoms with E-state index in [1.165, 1.54) is 0 Å². The van der Waals surface area contributed by atoms with Crippen molar-refractivity contribution in [1.29, 1.82) is 0 Å². The SMILES string of the molecule is CCc1nc(C)cc(N2CCCC(C(=O)O)C2)n1. The van der Waals surface area contributed by atoms with Crippen molar-refractivity contribution < 1.29 is 9.90 Å². The Bertz CT molecular complexity index is 448. The van der Waals surface area contributed by atoms with Crippen molar-refractivity contribution in [2.24, 2.45) is 5.92 Å². The lowest BCUT2D eigenvalue weighted by Crippen LogP contribution is -2.39. The molecular formula is C13H19N3O2. The number of nitrogens with zero attached hydrogens (tertiary/aromatic N) is 3. The fraction of sp³-hybridized carbons (Fsp3) is 0.615. The van der Waals surface area contributed by atoms with Crippen molar-refractivity contribution in [2.75, 3.05) is 18.0 Å². The lowest BCUT2D eigenvalue weighted by Gasteiger charge is -2.31. The van der Waals surface area contributed by atoms with Gasteiger partial charge in [0.15, 0.2) is 0 Å². The summed E-state index contributed by atoms with van der Waals surface area (Å²) >= 11 is 0. The number of aromatic nitrogens is 2. The molecule has 1 aliphatic rings. The highest BCUT2D eigenvalue weighted by Crippen LogP contribution is 2.22. The minimum atomic E-state index is -0.707. The summed E-state index contributed by atoms with van der Waals surface area (Å²) in [6.07, 6.45) is 2.46. The molecular weight excluding hydrogens is 230 g/mol. The van der Waals surface area contributed by atoms with Gasteiger partial charge in [-0.2, -0.15) is 0 Å². The molecule has 1 atom stereocenters. The van der Waals surface area contributed by atoms with E-state index in [1.54, 1.807) is 0 Å². The van der Waals surface area contributed by atoms with Crippen LogP contribution in [0.1, 0.15) is 31.3 Å². The average Bonchev–Trinajstić information content (AvgIpc) is 2.38. The van der Waals surface area contributed by atoms with Gasteiger partial charge in [0.1, 0.15) is 11.6 Å². The molecule has 1 saturated heterocycles. The highest BCUT2D eigenvalue weighted by molar-refractivity contribution is 5.71. The van der Waals surface area contributed by atoms with Gasteiger partial charge in [0.2, 0.25) is 0 Å². The Morgan fingerprint density at radius 3 is 3.00 bits per heavy atom. The molecule has 2 heterocycles. The van der Waals surface area contributed by atoms with Gasteiger partial charge in [-0.05, 0) is 19.8 Å². The minimum Gasteiger partial charge on any atom is -0.481 e. The number of carboxylic acids is 1. The van der Waals surface area contributed by atoms with Crippen molar-refractivity contribution in [1.82, 2.24) is 9.97 Å². The largest absolute Gasteiger partial charge is 0.481 e. The Kier molecular flexibility index (Phi) is 3.79. The van der Waals surface area contributed by atoms with E-state index in [9.17, 15) is 4.79 Å². The molecule has 1 N–H and O–H groups in total. The van der Waals surface area contributed by atoms with Crippen LogP contribution in [-0.2, 0) is 11.2 Å². The summed E-state index contributed by atoms with van der Waals surface area (Å²) < 4.78 is 0. The molecule has 0 aliphatic carbocycles. The lowest BCUT2D eigenvalue weighted by atomic mass is 9.98. The highest BCUT2D eigenvalue weighted by atomic mass is 16.4. The van der Waals surface area contributed by atoms with Crippen LogP contribution in [0.2, 0.25) is 0 Å². The van der Waals surface area contributed by atoms with Crippen molar-refractivity contribution >= 4 is 11.8 Å². The number of anilines is 1. The molecule has 1 aliphatic heterocycles. The van der Waals surface area contributed by atoms with Gasteiger partial charge in [0.05, 0.1) is 5.92 Å². The first-order valence-electron chi connectivity index (χ1n) is 6.42. The van der Waals surface area contributed by atoms with E-state index in [1.807, 2.05) is 19.9 Å². The van der Waals surface area contributed by atoms with Crippen LogP contribution >= 0.6 is 0 Å². The van der Waals surface area contributed by atoms with Crippen molar-refractivity contribution in [3.05, 3.63) is 17.6 Å². The number of piperidine rings is 1. The maximum Gasteiger partial charge on any atom is 0.308 e. The van der Waals surface area contributed by atoms with Gasteiger partial charge in [-0.15, -0.1) is 0 Å². The Morgan fingerprint density at radius 2 is 2.33 bits per heavy atom. The third-order valence-electron chi connectivity index (χ3n) is 3.30. The van der Waals surface area contributed by atoms with Crippen molar-refractivity contribution in [3.63, 3.8) is 0 Å². The number of hydrogen-bond donors (Lipinski definition) is 1. The smallest absolute Gasteiger partial charge is 0.308 e. The van der Waals surface area contributed by atoms with Crippen LogP contribution in [-0.4, -0.2) is 34.1 Å². The highest BCUT2D eigenvalue weighted by Gasteiger charge is 2.26. The van der Waals surface area contributed by atoms with Crippen LogP contribution in [0.15, 0.2) is 6.07 Å². The monoisotopic (exact) mass is 249 g/mol. The van der Waals surface area contributed by atoms with E-state index < -0.39 is 5.97 Å². The Morgan fingerprint density at radius 1 is 1.56 bits per heavy atom. The van der Waals surface area contributed by atoms with Gasteiger partial charge < -0.3 is 10.0 Å². The molecule has 18 heavy (non-hydrogen) atoms. The normalized spacial score (nSPS) is 19.9. The molecule has 2 rings (SSSR count). The van der Waals surface area contributed by atoms with Crippen molar-refractivity contribution in [3.8, 4) is 0 Å². The second kappa shape index (κ2) is 5.33. The molecule has 0 bridgehead atoms. The summed E-state index contributed by atoms with van der Waals surface area (Å²) in [5, 5.41) is 9.10. The molecule has 0 aromatic carbocycles. The molecule has 0 saturated carbocycles. The van der Waals surface area contributed by atoms with Crippen LogP contribution in [0.3, 0.4) is 0 Å². The van der Waals surface area contributed by atoms with Gasteiger partial charge in [-0.1, -0.05) is 6.92 Å². The second-order valence-corrected chi connectivity index (χ2v) is 4.76. The standard InChI is InChI=1S/C13H19N3O2/c1-3-11-14-9(2)7-12(15-11)16-6-4-5-10(8-16)13(17)18/h7,10H,3-6,8H2,1-2H3,(H,17,18). The molecule has 5 nitrogen and oxygen atoms in total. The van der Waals surface area contributed by atoms with E-state index >= 15 is 0 Å². The number of carboxylic acid groups (broad SMARTS) is 1. The summed E-state index contributed by atoms with van der Waals surface area (Å²) in [5.74, 6) is 0.702. The van der Waals surface area contributed by atoms with Crippen LogP contribution in [0, 0.1) is 12.8 Å². The van der Waals surface area contributed by atoms with Gasteiger partial charge in [0.25, 0.3) is 0 Å². The van der Waals surface area contributed by atoms with Gasteiger partial charge in [-0.25, -0.2) is 9.97 Å².